The van der Waals surface area contributed by atoms with Crippen molar-refractivity contribution in [2.75, 3.05) is 22.8 Å². The average molecular weight is 592 g/mol. The highest BCUT2D eigenvalue weighted by atomic mass is 127. The summed E-state index contributed by atoms with van der Waals surface area (Å²) in [5.41, 5.74) is 1.20. The Labute approximate surface area is 213 Å². The lowest BCUT2D eigenvalue weighted by Crippen LogP contribution is -2.38. The number of hydrogen-bond acceptors (Lipinski definition) is 5. The maximum Gasteiger partial charge on any atom is 0.338 e. The molecule has 0 aromatic heterocycles. The van der Waals surface area contributed by atoms with Crippen molar-refractivity contribution in [2.24, 2.45) is 0 Å². The number of anilines is 2. The summed E-state index contributed by atoms with van der Waals surface area (Å²) in [4.78, 5) is 25.0. The molecule has 0 saturated carbocycles. The Balaban J connectivity index is 1.76. The second kappa shape index (κ2) is 12.0. The number of nitrogens with zero attached hydrogens (tertiary/aromatic N) is 1. The molecule has 1 N–H and O–H groups in total. The van der Waals surface area contributed by atoms with Crippen LogP contribution in [0.3, 0.4) is 0 Å². The van der Waals surface area contributed by atoms with Gasteiger partial charge in [-0.05, 0) is 89.7 Å². The molecule has 3 aromatic rings. The molecule has 0 aliphatic carbocycles. The number of ether oxygens (including phenoxy) is 1. The van der Waals surface area contributed by atoms with Gasteiger partial charge < -0.3 is 10.1 Å². The molecular weight excluding hydrogens is 567 g/mol. The molecule has 0 atom stereocenters. The zero-order chi connectivity index (χ0) is 24.6. The number of benzene rings is 3. The van der Waals surface area contributed by atoms with Crippen molar-refractivity contribution in [2.45, 2.75) is 24.7 Å². The molecule has 0 heterocycles. The molecule has 0 saturated heterocycles. The fourth-order valence-electron chi connectivity index (χ4n) is 3.06. The van der Waals surface area contributed by atoms with Crippen LogP contribution in [0, 0.1) is 3.57 Å². The molecule has 0 unspecified atom stereocenters. The first-order valence-electron chi connectivity index (χ1n) is 10.7. The molecule has 0 aliphatic rings. The van der Waals surface area contributed by atoms with Crippen LogP contribution in [0.4, 0.5) is 11.4 Å². The first-order chi connectivity index (χ1) is 16.3. The Morgan fingerprint density at radius 3 is 2.21 bits per heavy atom. The normalized spacial score (nSPS) is 11.0. The van der Waals surface area contributed by atoms with Crippen LogP contribution < -0.4 is 9.62 Å². The Kier molecular flexibility index (Phi) is 9.05. The maximum absolute atomic E-state index is 13.3. The number of carbonyl (C=O) groups excluding carboxylic acids is 2. The molecular formula is C25H25IN2O5S. The van der Waals surface area contributed by atoms with E-state index in [0.29, 0.717) is 23.5 Å². The number of amides is 1. The zero-order valence-electron chi connectivity index (χ0n) is 18.6. The first-order valence-corrected chi connectivity index (χ1v) is 13.2. The van der Waals surface area contributed by atoms with E-state index < -0.39 is 28.4 Å². The smallest absolute Gasteiger partial charge is 0.338 e. The van der Waals surface area contributed by atoms with Crippen LogP contribution in [0.25, 0.3) is 0 Å². The second-order valence-electron chi connectivity index (χ2n) is 7.42. The molecule has 0 bridgehead atoms. The van der Waals surface area contributed by atoms with E-state index in [0.717, 1.165) is 20.7 Å². The standard InChI is InChI=1S/C25H25IN2O5S/c1-2-3-17-33-25(30)19-9-13-21(14-10-19)27-24(29)18-28(22-15-11-20(26)12-16-22)34(31,32)23-7-5-4-6-8-23/h4-16H,2-3,17-18H2,1H3,(H,27,29). The van der Waals surface area contributed by atoms with Gasteiger partial charge in [-0.3, -0.25) is 9.10 Å². The third-order valence-corrected chi connectivity index (χ3v) is 7.38. The molecule has 178 valence electrons. The highest BCUT2D eigenvalue weighted by Crippen LogP contribution is 2.24. The monoisotopic (exact) mass is 592 g/mol. The predicted molar refractivity (Wildman–Crippen MR) is 140 cm³/mol. The summed E-state index contributed by atoms with van der Waals surface area (Å²) in [6.07, 6.45) is 1.72. The van der Waals surface area contributed by atoms with Crippen molar-refractivity contribution in [3.8, 4) is 0 Å². The molecule has 0 aliphatic heterocycles. The van der Waals surface area contributed by atoms with Gasteiger partial charge in [0.25, 0.3) is 10.0 Å². The molecule has 9 heteroatoms. The summed E-state index contributed by atoms with van der Waals surface area (Å²) >= 11 is 2.13. The maximum atomic E-state index is 13.3. The Morgan fingerprint density at radius 1 is 0.941 bits per heavy atom. The summed E-state index contributed by atoms with van der Waals surface area (Å²) in [7, 11) is -3.97. The van der Waals surface area contributed by atoms with Gasteiger partial charge in [-0.15, -0.1) is 0 Å². The lowest BCUT2D eigenvalue weighted by Gasteiger charge is -2.24. The van der Waals surface area contributed by atoms with Gasteiger partial charge in [-0.25, -0.2) is 13.2 Å². The number of unbranched alkanes of at least 4 members (excludes halogenated alkanes) is 1. The molecule has 34 heavy (non-hydrogen) atoms. The zero-order valence-corrected chi connectivity index (χ0v) is 21.6. The summed E-state index contributed by atoms with van der Waals surface area (Å²) in [6.45, 7) is 1.95. The minimum atomic E-state index is -3.97. The minimum absolute atomic E-state index is 0.0901. The van der Waals surface area contributed by atoms with E-state index in [4.69, 9.17) is 4.74 Å². The van der Waals surface area contributed by atoms with Gasteiger partial charge in [0, 0.05) is 9.26 Å². The molecule has 1 amide bonds. The van der Waals surface area contributed by atoms with E-state index >= 15 is 0 Å². The molecule has 3 rings (SSSR count). The summed E-state index contributed by atoms with van der Waals surface area (Å²) in [5, 5.41) is 2.70. The van der Waals surface area contributed by atoms with E-state index in [1.165, 1.54) is 12.1 Å². The van der Waals surface area contributed by atoms with Gasteiger partial charge in [0.1, 0.15) is 6.54 Å². The van der Waals surface area contributed by atoms with E-state index in [2.05, 4.69) is 27.9 Å². The van der Waals surface area contributed by atoms with Gasteiger partial charge in [0.15, 0.2) is 0 Å². The van der Waals surface area contributed by atoms with Gasteiger partial charge in [-0.2, -0.15) is 0 Å². The largest absolute Gasteiger partial charge is 0.462 e. The van der Waals surface area contributed by atoms with E-state index in [-0.39, 0.29) is 4.90 Å². The number of sulfonamides is 1. The van der Waals surface area contributed by atoms with Crippen LogP contribution in [-0.4, -0.2) is 33.4 Å². The number of rotatable bonds is 10. The summed E-state index contributed by atoms with van der Waals surface area (Å²) in [5.74, 6) is -0.943. The Bertz CT molecular complexity index is 1210. The molecule has 3 aromatic carbocycles. The van der Waals surface area contributed by atoms with Crippen LogP contribution in [0.2, 0.25) is 0 Å². The first kappa shape index (κ1) is 25.7. The highest BCUT2D eigenvalue weighted by molar-refractivity contribution is 14.1. The van der Waals surface area contributed by atoms with Crippen LogP contribution in [-0.2, 0) is 19.6 Å². The van der Waals surface area contributed by atoms with Crippen LogP contribution >= 0.6 is 22.6 Å². The number of nitrogens with one attached hydrogen (secondary N) is 1. The van der Waals surface area contributed by atoms with E-state index in [1.807, 2.05) is 6.92 Å². The average Bonchev–Trinajstić information content (AvgIpc) is 2.84. The predicted octanol–water partition coefficient (Wildman–Crippen LogP) is 5.08. The number of hydrogen-bond donors (Lipinski definition) is 1. The molecule has 0 fully saturated rings. The summed E-state index contributed by atoms with van der Waals surface area (Å²) in [6, 6.07) is 21.1. The lowest BCUT2D eigenvalue weighted by molar-refractivity contribution is -0.114. The van der Waals surface area contributed by atoms with Crippen molar-refractivity contribution in [3.63, 3.8) is 0 Å². The van der Waals surface area contributed by atoms with Gasteiger partial charge in [-0.1, -0.05) is 31.5 Å². The van der Waals surface area contributed by atoms with Crippen molar-refractivity contribution in [1.29, 1.82) is 0 Å². The highest BCUT2D eigenvalue weighted by Gasteiger charge is 2.27. The van der Waals surface area contributed by atoms with Crippen molar-refractivity contribution in [1.82, 2.24) is 0 Å². The third kappa shape index (κ3) is 6.80. The number of carbonyl (C=O) groups is 2. The quantitative estimate of drug-likeness (QED) is 0.201. The van der Waals surface area contributed by atoms with Crippen LogP contribution in [0.15, 0.2) is 83.8 Å². The number of halogens is 1. The van der Waals surface area contributed by atoms with E-state index in [1.54, 1.807) is 66.7 Å². The fourth-order valence-corrected chi connectivity index (χ4v) is 4.86. The second-order valence-corrected chi connectivity index (χ2v) is 10.5. The van der Waals surface area contributed by atoms with Crippen molar-refractivity contribution < 1.29 is 22.7 Å². The Hall–Kier alpha value is -2.92. The van der Waals surface area contributed by atoms with Gasteiger partial charge in [0.05, 0.1) is 22.8 Å². The number of esters is 1. The van der Waals surface area contributed by atoms with Crippen LogP contribution in [0.5, 0.6) is 0 Å². The summed E-state index contributed by atoms with van der Waals surface area (Å²) < 4.78 is 33.8. The molecule has 7 nitrogen and oxygen atoms in total. The van der Waals surface area contributed by atoms with Crippen LogP contribution in [0.1, 0.15) is 30.1 Å². The minimum Gasteiger partial charge on any atom is -0.462 e. The van der Waals surface area contributed by atoms with Crippen molar-refractivity contribution in [3.05, 3.63) is 88.0 Å². The van der Waals surface area contributed by atoms with Gasteiger partial charge >= 0.3 is 5.97 Å². The van der Waals surface area contributed by atoms with E-state index in [9.17, 15) is 18.0 Å². The topological polar surface area (TPSA) is 92.8 Å². The Morgan fingerprint density at radius 2 is 1.59 bits per heavy atom. The molecule has 0 radical (unpaired) electrons. The molecule has 0 spiro atoms. The van der Waals surface area contributed by atoms with Gasteiger partial charge in [0.2, 0.25) is 5.91 Å². The lowest BCUT2D eigenvalue weighted by atomic mass is 10.2. The van der Waals surface area contributed by atoms with Crippen molar-refractivity contribution >= 4 is 55.9 Å². The fraction of sp³-hybridized carbons (Fsp3) is 0.200. The third-order valence-electron chi connectivity index (χ3n) is 4.87. The SMILES string of the molecule is CCCCOC(=O)c1ccc(NC(=O)CN(c2ccc(I)cc2)S(=O)(=O)c2ccccc2)cc1.